The third kappa shape index (κ3) is 4.17. The van der Waals surface area contributed by atoms with Crippen LogP contribution in [0.4, 0.5) is 0 Å². The molecule has 0 saturated carbocycles. The van der Waals surface area contributed by atoms with Gasteiger partial charge in [-0.3, -0.25) is 9.59 Å². The molecule has 3 rings (SSSR count). The van der Waals surface area contributed by atoms with Gasteiger partial charge in [0.1, 0.15) is 0 Å². The van der Waals surface area contributed by atoms with E-state index in [0.717, 1.165) is 12.0 Å². The van der Waals surface area contributed by atoms with Gasteiger partial charge in [-0.1, -0.05) is 42.0 Å². The normalized spacial score (nSPS) is 19.6. The summed E-state index contributed by atoms with van der Waals surface area (Å²) in [5.74, 6) is 0.208. The summed E-state index contributed by atoms with van der Waals surface area (Å²) < 4.78 is 0. The van der Waals surface area contributed by atoms with Crippen molar-refractivity contribution < 1.29 is 9.59 Å². The molecular formula is C22H30N2O2. The summed E-state index contributed by atoms with van der Waals surface area (Å²) in [6, 6.07) is 10.1. The van der Waals surface area contributed by atoms with Crippen LogP contribution < -0.4 is 5.32 Å². The maximum absolute atomic E-state index is 13.2. The minimum absolute atomic E-state index is 0.0938. The zero-order valence-electron chi connectivity index (χ0n) is 15.8. The Bertz CT molecular complexity index is 658. The zero-order chi connectivity index (χ0) is 18.4. The Morgan fingerprint density at radius 2 is 1.85 bits per heavy atom. The largest absolute Gasteiger partial charge is 0.355 e. The summed E-state index contributed by atoms with van der Waals surface area (Å²) in [6.07, 6.45) is 9.58. The highest BCUT2D eigenvalue weighted by atomic mass is 16.2. The fraction of sp³-hybridized carbons (Fsp3) is 0.545. The van der Waals surface area contributed by atoms with Crippen molar-refractivity contribution in [1.29, 1.82) is 0 Å². The van der Waals surface area contributed by atoms with Crippen LogP contribution in [0.15, 0.2) is 42.0 Å². The number of nitrogens with zero attached hydrogens (tertiary/aromatic N) is 1. The molecule has 4 nitrogen and oxygen atoms in total. The Labute approximate surface area is 156 Å². The number of allylic oxidation sites excluding steroid dienone is 1. The van der Waals surface area contributed by atoms with Gasteiger partial charge >= 0.3 is 0 Å². The van der Waals surface area contributed by atoms with Gasteiger partial charge in [-0.25, -0.2) is 0 Å². The van der Waals surface area contributed by atoms with Crippen LogP contribution in [0.3, 0.4) is 0 Å². The van der Waals surface area contributed by atoms with Crippen LogP contribution in [-0.2, 0) is 15.0 Å². The molecule has 140 valence electrons. The van der Waals surface area contributed by atoms with Gasteiger partial charge in [0, 0.05) is 26.6 Å². The average molecular weight is 354 g/mol. The fourth-order valence-electron chi connectivity index (χ4n) is 4.24. The Morgan fingerprint density at radius 1 is 1.12 bits per heavy atom. The summed E-state index contributed by atoms with van der Waals surface area (Å²) in [6.45, 7) is 3.59. The number of amides is 2. The van der Waals surface area contributed by atoms with E-state index in [2.05, 4.69) is 11.4 Å². The standard InChI is InChI=1S/C22H30N2O2/c1-18(25)24-16-13-22(14-17-24,20-10-6-3-7-11-20)21(26)23-15-12-19-8-4-2-5-9-19/h3,6-8,10-11H,2,4-5,9,12-17H2,1H3,(H,23,26). The van der Waals surface area contributed by atoms with Gasteiger partial charge in [-0.05, 0) is 50.5 Å². The second kappa shape index (κ2) is 8.52. The van der Waals surface area contributed by atoms with Crippen LogP contribution in [0.25, 0.3) is 0 Å². The first-order valence-electron chi connectivity index (χ1n) is 9.89. The van der Waals surface area contributed by atoms with Crippen molar-refractivity contribution >= 4 is 11.8 Å². The molecule has 0 spiro atoms. The number of likely N-dealkylation sites (tertiary alicyclic amines) is 1. The lowest BCUT2D eigenvalue weighted by atomic mass is 9.72. The highest BCUT2D eigenvalue weighted by Gasteiger charge is 2.43. The van der Waals surface area contributed by atoms with Gasteiger partial charge < -0.3 is 10.2 Å². The zero-order valence-corrected chi connectivity index (χ0v) is 15.8. The van der Waals surface area contributed by atoms with E-state index in [1.807, 2.05) is 35.2 Å². The van der Waals surface area contributed by atoms with E-state index >= 15 is 0 Å². The third-order valence-corrected chi connectivity index (χ3v) is 5.94. The van der Waals surface area contributed by atoms with Gasteiger partial charge in [0.25, 0.3) is 0 Å². The molecule has 0 radical (unpaired) electrons. The molecule has 1 heterocycles. The summed E-state index contributed by atoms with van der Waals surface area (Å²) in [4.78, 5) is 26.7. The van der Waals surface area contributed by atoms with Crippen molar-refractivity contribution in [3.63, 3.8) is 0 Å². The summed E-state index contributed by atoms with van der Waals surface area (Å²) in [7, 11) is 0. The predicted octanol–water partition coefficient (Wildman–Crippen LogP) is 3.57. The average Bonchev–Trinajstić information content (AvgIpc) is 2.69. The van der Waals surface area contributed by atoms with E-state index in [1.54, 1.807) is 6.92 Å². The first-order valence-corrected chi connectivity index (χ1v) is 9.89. The number of carbonyl (C=O) groups excluding carboxylic acids is 2. The SMILES string of the molecule is CC(=O)N1CCC(C(=O)NCCC2=CCCCC2)(c2ccccc2)CC1. The van der Waals surface area contributed by atoms with Crippen molar-refractivity contribution in [2.75, 3.05) is 19.6 Å². The number of hydrogen-bond acceptors (Lipinski definition) is 2. The van der Waals surface area contributed by atoms with E-state index in [1.165, 1.54) is 31.3 Å². The van der Waals surface area contributed by atoms with E-state index in [4.69, 9.17) is 0 Å². The number of carbonyl (C=O) groups is 2. The lowest BCUT2D eigenvalue weighted by molar-refractivity contribution is -0.135. The van der Waals surface area contributed by atoms with E-state index < -0.39 is 5.41 Å². The lowest BCUT2D eigenvalue weighted by Crippen LogP contribution is -2.52. The summed E-state index contributed by atoms with van der Waals surface area (Å²) in [5.41, 5.74) is 2.03. The summed E-state index contributed by atoms with van der Waals surface area (Å²) >= 11 is 0. The van der Waals surface area contributed by atoms with Crippen LogP contribution in [-0.4, -0.2) is 36.3 Å². The van der Waals surface area contributed by atoms with Crippen LogP contribution in [0, 0.1) is 0 Å². The molecule has 0 aromatic heterocycles. The van der Waals surface area contributed by atoms with Crippen molar-refractivity contribution in [3.05, 3.63) is 47.5 Å². The molecule has 2 amide bonds. The van der Waals surface area contributed by atoms with Crippen LogP contribution in [0.2, 0.25) is 0 Å². The van der Waals surface area contributed by atoms with E-state index in [9.17, 15) is 9.59 Å². The molecule has 1 aromatic carbocycles. The predicted molar refractivity (Wildman–Crippen MR) is 104 cm³/mol. The molecule has 1 N–H and O–H groups in total. The van der Waals surface area contributed by atoms with Gasteiger partial charge in [-0.15, -0.1) is 0 Å². The highest BCUT2D eigenvalue weighted by molar-refractivity contribution is 5.88. The highest BCUT2D eigenvalue weighted by Crippen LogP contribution is 2.36. The number of nitrogens with one attached hydrogen (secondary N) is 1. The van der Waals surface area contributed by atoms with Gasteiger partial charge in [-0.2, -0.15) is 0 Å². The molecule has 1 saturated heterocycles. The molecule has 0 bridgehead atoms. The molecule has 1 aliphatic heterocycles. The maximum atomic E-state index is 13.2. The fourth-order valence-corrected chi connectivity index (χ4v) is 4.24. The molecular weight excluding hydrogens is 324 g/mol. The van der Waals surface area contributed by atoms with Gasteiger partial charge in [0.15, 0.2) is 0 Å². The van der Waals surface area contributed by atoms with Crippen LogP contribution in [0.5, 0.6) is 0 Å². The molecule has 1 aromatic rings. The maximum Gasteiger partial charge on any atom is 0.230 e. The van der Waals surface area contributed by atoms with Gasteiger partial charge in [0.2, 0.25) is 11.8 Å². The monoisotopic (exact) mass is 354 g/mol. The Hall–Kier alpha value is -2.10. The first-order chi connectivity index (χ1) is 12.6. The number of benzene rings is 1. The Balaban J connectivity index is 1.68. The van der Waals surface area contributed by atoms with Crippen molar-refractivity contribution in [2.24, 2.45) is 0 Å². The Kier molecular flexibility index (Phi) is 6.12. The molecule has 1 aliphatic carbocycles. The number of hydrogen-bond donors (Lipinski definition) is 1. The first kappa shape index (κ1) is 18.7. The molecule has 1 fully saturated rings. The minimum atomic E-state index is -0.520. The van der Waals surface area contributed by atoms with Crippen molar-refractivity contribution in [2.45, 2.75) is 57.3 Å². The molecule has 4 heteroatoms. The topological polar surface area (TPSA) is 49.4 Å². The van der Waals surface area contributed by atoms with Gasteiger partial charge in [0.05, 0.1) is 5.41 Å². The Morgan fingerprint density at radius 3 is 2.46 bits per heavy atom. The molecule has 26 heavy (non-hydrogen) atoms. The van der Waals surface area contributed by atoms with Crippen LogP contribution >= 0.6 is 0 Å². The third-order valence-electron chi connectivity index (χ3n) is 5.94. The lowest BCUT2D eigenvalue weighted by Gasteiger charge is -2.40. The number of piperidine rings is 1. The van der Waals surface area contributed by atoms with E-state index in [0.29, 0.717) is 32.5 Å². The smallest absolute Gasteiger partial charge is 0.230 e. The summed E-state index contributed by atoms with van der Waals surface area (Å²) in [5, 5.41) is 3.20. The molecule has 0 unspecified atom stereocenters. The second-order valence-corrected chi connectivity index (χ2v) is 7.57. The molecule has 0 atom stereocenters. The molecule has 2 aliphatic rings. The quantitative estimate of drug-likeness (QED) is 0.822. The second-order valence-electron chi connectivity index (χ2n) is 7.57. The van der Waals surface area contributed by atoms with E-state index in [-0.39, 0.29) is 11.8 Å². The van der Waals surface area contributed by atoms with Crippen molar-refractivity contribution in [3.8, 4) is 0 Å². The number of rotatable bonds is 5. The van der Waals surface area contributed by atoms with Crippen molar-refractivity contribution in [1.82, 2.24) is 10.2 Å². The van der Waals surface area contributed by atoms with Crippen LogP contribution in [0.1, 0.15) is 57.4 Å². The minimum Gasteiger partial charge on any atom is -0.355 e.